The number of hydrogen-bond donors (Lipinski definition) is 2. The van der Waals surface area contributed by atoms with Gasteiger partial charge in [-0.15, -0.1) is 0 Å². The first-order valence-corrected chi connectivity index (χ1v) is 9.15. The Kier molecular flexibility index (Phi) is 5.22. The van der Waals surface area contributed by atoms with E-state index in [9.17, 15) is 31.9 Å². The zero-order valence-corrected chi connectivity index (χ0v) is 16.0. The van der Waals surface area contributed by atoms with E-state index in [0.717, 1.165) is 18.2 Å². The van der Waals surface area contributed by atoms with Crippen LogP contribution in [0.25, 0.3) is 0 Å². The summed E-state index contributed by atoms with van der Waals surface area (Å²) in [7, 11) is 0. The molecule has 0 saturated carbocycles. The van der Waals surface area contributed by atoms with Crippen LogP contribution in [0.5, 0.6) is 5.75 Å². The maximum absolute atomic E-state index is 13.4. The molecule has 7 nitrogen and oxygen atoms in total. The van der Waals surface area contributed by atoms with Crippen molar-refractivity contribution in [3.63, 3.8) is 0 Å². The van der Waals surface area contributed by atoms with Gasteiger partial charge in [-0.3, -0.25) is 14.9 Å². The lowest BCUT2D eigenvalue weighted by atomic mass is 9.99. The molecule has 2 heterocycles. The Hall–Kier alpha value is -4.07. The maximum Gasteiger partial charge on any atom is 0.387 e. The summed E-state index contributed by atoms with van der Waals surface area (Å²) in [5, 5.41) is 4.38. The second kappa shape index (κ2) is 7.88. The molecule has 0 spiro atoms. The average Bonchev–Trinajstić information content (AvgIpc) is 3.15. The first-order valence-electron chi connectivity index (χ1n) is 9.15. The molecule has 1 unspecified atom stereocenters. The molecule has 32 heavy (non-hydrogen) atoms. The third-order valence-electron chi connectivity index (χ3n) is 4.84. The standard InChI is InChI=1S/C21H13F4N3O4/c22-13-5-11(6-14(23)7-13)3-4-21(18(30)26-20(31)27-21)10-28-9-12-1-2-15(32-19(24)25)8-16(12)17(28)29/h1-2,5-8,19H,9-10H2,(H2,26,27,30,31). The van der Waals surface area contributed by atoms with E-state index in [1.165, 1.54) is 17.0 Å². The fourth-order valence-electron chi connectivity index (χ4n) is 3.47. The molecule has 1 fully saturated rings. The first kappa shape index (κ1) is 21.2. The van der Waals surface area contributed by atoms with Gasteiger partial charge in [-0.05, 0) is 29.8 Å². The highest BCUT2D eigenvalue weighted by atomic mass is 19.3. The van der Waals surface area contributed by atoms with E-state index in [-0.39, 0.29) is 23.4 Å². The fraction of sp³-hybridized carbons (Fsp3) is 0.190. The highest BCUT2D eigenvalue weighted by molar-refractivity contribution is 6.10. The van der Waals surface area contributed by atoms with Gasteiger partial charge in [-0.25, -0.2) is 13.6 Å². The number of imide groups is 1. The minimum absolute atomic E-state index is 0.0182. The highest BCUT2D eigenvalue weighted by Crippen LogP contribution is 2.29. The molecular formula is C21H13F4N3O4. The predicted molar refractivity (Wildman–Crippen MR) is 100 cm³/mol. The number of nitrogens with zero attached hydrogens (tertiary/aromatic N) is 1. The minimum Gasteiger partial charge on any atom is -0.435 e. The number of carbonyl (C=O) groups is 3. The third-order valence-corrected chi connectivity index (χ3v) is 4.84. The van der Waals surface area contributed by atoms with Gasteiger partial charge in [0.25, 0.3) is 11.8 Å². The summed E-state index contributed by atoms with van der Waals surface area (Å²) >= 11 is 0. The second-order valence-corrected chi connectivity index (χ2v) is 7.08. The average molecular weight is 447 g/mol. The van der Waals surface area contributed by atoms with E-state index in [1.807, 2.05) is 5.32 Å². The van der Waals surface area contributed by atoms with Crippen LogP contribution in [0, 0.1) is 23.5 Å². The van der Waals surface area contributed by atoms with E-state index in [4.69, 9.17) is 0 Å². The lowest BCUT2D eigenvalue weighted by Gasteiger charge is -2.26. The molecule has 0 aliphatic carbocycles. The molecule has 164 valence electrons. The molecule has 2 N–H and O–H groups in total. The van der Waals surface area contributed by atoms with Crippen LogP contribution in [0.4, 0.5) is 22.4 Å². The molecule has 0 aromatic heterocycles. The molecule has 2 aliphatic heterocycles. The van der Waals surface area contributed by atoms with Crippen molar-refractivity contribution in [3.05, 3.63) is 64.7 Å². The SMILES string of the molecule is O=C1NC(=O)C(C#Cc2cc(F)cc(F)c2)(CN2Cc3ccc(OC(F)F)cc3C2=O)N1. The van der Waals surface area contributed by atoms with Crippen LogP contribution in [-0.4, -0.2) is 41.4 Å². The Morgan fingerprint density at radius 2 is 1.81 bits per heavy atom. The molecule has 0 radical (unpaired) electrons. The molecule has 4 amide bonds. The quantitative estimate of drug-likeness (QED) is 0.427. The number of carbonyl (C=O) groups excluding carboxylic acids is 3. The van der Waals surface area contributed by atoms with Gasteiger partial charge in [0, 0.05) is 23.7 Å². The number of alkyl halides is 2. The van der Waals surface area contributed by atoms with Crippen molar-refractivity contribution < 1.29 is 36.7 Å². The fourth-order valence-corrected chi connectivity index (χ4v) is 3.47. The van der Waals surface area contributed by atoms with Crippen molar-refractivity contribution in [2.24, 2.45) is 0 Å². The Balaban J connectivity index is 1.63. The van der Waals surface area contributed by atoms with Crippen LogP contribution in [0.2, 0.25) is 0 Å². The predicted octanol–water partition coefficient (Wildman–Crippen LogP) is 2.15. The highest BCUT2D eigenvalue weighted by Gasteiger charge is 2.48. The lowest BCUT2D eigenvalue weighted by Crippen LogP contribution is -2.54. The number of ether oxygens (including phenoxy) is 1. The van der Waals surface area contributed by atoms with Gasteiger partial charge in [0.1, 0.15) is 17.4 Å². The summed E-state index contributed by atoms with van der Waals surface area (Å²) < 4.78 is 56.1. The molecule has 11 heteroatoms. The van der Waals surface area contributed by atoms with E-state index in [2.05, 4.69) is 21.9 Å². The Labute approximate surface area is 178 Å². The first-order chi connectivity index (χ1) is 15.1. The van der Waals surface area contributed by atoms with Crippen LogP contribution in [0.1, 0.15) is 21.5 Å². The van der Waals surface area contributed by atoms with Crippen molar-refractivity contribution in [3.8, 4) is 17.6 Å². The molecule has 0 bridgehead atoms. The van der Waals surface area contributed by atoms with Gasteiger partial charge in [0.05, 0.1) is 6.54 Å². The van der Waals surface area contributed by atoms with Gasteiger partial charge >= 0.3 is 12.6 Å². The van der Waals surface area contributed by atoms with Crippen molar-refractivity contribution in [2.45, 2.75) is 18.7 Å². The summed E-state index contributed by atoms with van der Waals surface area (Å²) in [5.74, 6) is 1.56. The van der Waals surface area contributed by atoms with Gasteiger partial charge in [0.2, 0.25) is 5.54 Å². The van der Waals surface area contributed by atoms with Crippen LogP contribution in [-0.2, 0) is 11.3 Å². The monoisotopic (exact) mass is 447 g/mol. The molecule has 1 atom stereocenters. The Morgan fingerprint density at radius 3 is 2.44 bits per heavy atom. The Bertz CT molecular complexity index is 1190. The Morgan fingerprint density at radius 1 is 1.09 bits per heavy atom. The smallest absolute Gasteiger partial charge is 0.387 e. The number of urea groups is 1. The summed E-state index contributed by atoms with van der Waals surface area (Å²) in [5.41, 5.74) is -1.37. The molecule has 2 aromatic carbocycles. The second-order valence-electron chi connectivity index (χ2n) is 7.08. The zero-order chi connectivity index (χ0) is 23.0. The number of halogens is 4. The summed E-state index contributed by atoms with van der Waals surface area (Å²) in [6.07, 6.45) is 0. The van der Waals surface area contributed by atoms with Crippen LogP contribution >= 0.6 is 0 Å². The van der Waals surface area contributed by atoms with Crippen LogP contribution in [0.15, 0.2) is 36.4 Å². The van der Waals surface area contributed by atoms with Crippen LogP contribution in [0.3, 0.4) is 0 Å². The van der Waals surface area contributed by atoms with Gasteiger partial charge in [-0.2, -0.15) is 8.78 Å². The largest absolute Gasteiger partial charge is 0.435 e. The number of rotatable bonds is 4. The number of amides is 4. The van der Waals surface area contributed by atoms with Crippen LogP contribution < -0.4 is 15.4 Å². The van der Waals surface area contributed by atoms with Gasteiger partial charge < -0.3 is 15.0 Å². The number of benzene rings is 2. The molecule has 1 saturated heterocycles. The third kappa shape index (κ3) is 4.07. The summed E-state index contributed by atoms with van der Waals surface area (Å²) in [6, 6.07) is 5.56. The van der Waals surface area contributed by atoms with E-state index >= 15 is 0 Å². The normalized spacial score (nSPS) is 19.4. The lowest BCUT2D eigenvalue weighted by molar-refractivity contribution is -0.122. The summed E-state index contributed by atoms with van der Waals surface area (Å²) in [6.45, 7) is -3.44. The maximum atomic E-state index is 13.4. The van der Waals surface area contributed by atoms with Crippen molar-refractivity contribution in [2.75, 3.05) is 6.54 Å². The minimum atomic E-state index is -3.07. The number of hydrogen-bond acceptors (Lipinski definition) is 4. The van der Waals surface area contributed by atoms with Gasteiger partial charge in [0.15, 0.2) is 0 Å². The van der Waals surface area contributed by atoms with Crippen molar-refractivity contribution >= 4 is 17.8 Å². The number of nitrogens with one attached hydrogen (secondary N) is 2. The van der Waals surface area contributed by atoms with E-state index < -0.39 is 48.2 Å². The molecule has 2 aliphatic rings. The topological polar surface area (TPSA) is 87.7 Å². The molecule has 4 rings (SSSR count). The zero-order valence-electron chi connectivity index (χ0n) is 16.0. The summed E-state index contributed by atoms with van der Waals surface area (Å²) in [4.78, 5) is 38.3. The van der Waals surface area contributed by atoms with Crippen molar-refractivity contribution in [1.82, 2.24) is 15.5 Å². The molecular weight excluding hydrogens is 434 g/mol. The van der Waals surface area contributed by atoms with Crippen molar-refractivity contribution in [1.29, 1.82) is 0 Å². The molecule has 2 aromatic rings. The van der Waals surface area contributed by atoms with E-state index in [0.29, 0.717) is 11.6 Å². The van der Waals surface area contributed by atoms with Gasteiger partial charge in [-0.1, -0.05) is 17.9 Å². The van der Waals surface area contributed by atoms with E-state index in [1.54, 1.807) is 0 Å². The number of fused-ring (bicyclic) bond motifs is 1.